The van der Waals surface area contributed by atoms with E-state index in [-0.39, 0.29) is 54.2 Å². The first kappa shape index (κ1) is 29.8. The van der Waals surface area contributed by atoms with E-state index in [0.717, 1.165) is 19.3 Å². The van der Waals surface area contributed by atoms with Crippen molar-refractivity contribution in [1.82, 2.24) is 31.1 Å². The number of aryl methyl sites for hydroxylation is 1. The summed E-state index contributed by atoms with van der Waals surface area (Å²) in [4.78, 5) is 56.7. The SMILES string of the molecule is CNC(=O)N1CC(CC(=O)NC2CCCc3ccccc32)C2C1CCN2C(=O)C(NC(=O)C(C)NC)C(C)(C)C. The number of benzene rings is 1. The maximum Gasteiger partial charge on any atom is 0.317 e. The second-order valence-corrected chi connectivity index (χ2v) is 12.6. The number of nitrogens with one attached hydrogen (secondary N) is 4. The van der Waals surface area contributed by atoms with Gasteiger partial charge in [0.15, 0.2) is 0 Å². The number of hydrogen-bond acceptors (Lipinski definition) is 5. The summed E-state index contributed by atoms with van der Waals surface area (Å²) < 4.78 is 0. The van der Waals surface area contributed by atoms with Crippen molar-refractivity contribution in [3.63, 3.8) is 0 Å². The Morgan fingerprint density at radius 3 is 2.45 bits per heavy atom. The number of likely N-dealkylation sites (N-methyl/N-ethyl adjacent to an activating group) is 1. The van der Waals surface area contributed by atoms with Gasteiger partial charge in [-0.25, -0.2) is 4.79 Å². The van der Waals surface area contributed by atoms with Gasteiger partial charge in [-0.2, -0.15) is 0 Å². The van der Waals surface area contributed by atoms with Crippen LogP contribution in [0.3, 0.4) is 0 Å². The number of rotatable bonds is 7. The fourth-order valence-corrected chi connectivity index (χ4v) is 6.63. The van der Waals surface area contributed by atoms with Gasteiger partial charge in [0.1, 0.15) is 6.04 Å². The number of amides is 5. The summed E-state index contributed by atoms with van der Waals surface area (Å²) in [5, 5.41) is 11.9. The molecule has 6 unspecified atom stereocenters. The number of fused-ring (bicyclic) bond motifs is 2. The molecule has 6 atom stereocenters. The largest absolute Gasteiger partial charge is 0.349 e. The first-order valence-electron chi connectivity index (χ1n) is 14.6. The Labute approximate surface area is 238 Å². The highest BCUT2D eigenvalue weighted by Crippen LogP contribution is 2.39. The van der Waals surface area contributed by atoms with Gasteiger partial charge < -0.3 is 31.1 Å². The Kier molecular flexibility index (Phi) is 9.07. The Bertz CT molecular complexity index is 1120. The van der Waals surface area contributed by atoms with Gasteiger partial charge in [-0.1, -0.05) is 45.0 Å². The van der Waals surface area contributed by atoms with Crippen LogP contribution in [0.1, 0.15) is 70.5 Å². The molecule has 2 fully saturated rings. The average Bonchev–Trinajstić information content (AvgIpc) is 3.51. The van der Waals surface area contributed by atoms with Crippen LogP contribution >= 0.6 is 0 Å². The molecule has 2 aliphatic heterocycles. The molecule has 1 aliphatic carbocycles. The predicted molar refractivity (Wildman–Crippen MR) is 153 cm³/mol. The van der Waals surface area contributed by atoms with E-state index >= 15 is 0 Å². The normalized spacial score (nSPS) is 25.4. The summed E-state index contributed by atoms with van der Waals surface area (Å²) in [5.41, 5.74) is 1.93. The molecule has 4 N–H and O–H groups in total. The minimum absolute atomic E-state index is 0.0272. The third-order valence-corrected chi connectivity index (χ3v) is 8.87. The van der Waals surface area contributed by atoms with Gasteiger partial charge in [-0.05, 0) is 56.2 Å². The zero-order valence-electron chi connectivity index (χ0n) is 24.8. The second-order valence-electron chi connectivity index (χ2n) is 12.6. The number of urea groups is 1. The molecule has 2 heterocycles. The summed E-state index contributed by atoms with van der Waals surface area (Å²) in [6.07, 6.45) is 3.79. The lowest BCUT2D eigenvalue weighted by atomic mass is 9.84. The molecule has 0 aromatic heterocycles. The van der Waals surface area contributed by atoms with Crippen molar-refractivity contribution in [3.05, 3.63) is 35.4 Å². The molecule has 1 aromatic rings. The number of carbonyl (C=O) groups excluding carboxylic acids is 4. The highest BCUT2D eigenvalue weighted by atomic mass is 16.2. The van der Waals surface area contributed by atoms with Crippen LogP contribution in [0, 0.1) is 11.3 Å². The Hall–Kier alpha value is -3.14. The van der Waals surface area contributed by atoms with Crippen LogP contribution in [0.15, 0.2) is 24.3 Å². The van der Waals surface area contributed by atoms with E-state index in [1.165, 1.54) is 11.1 Å². The van der Waals surface area contributed by atoms with E-state index < -0.39 is 17.5 Å². The zero-order valence-corrected chi connectivity index (χ0v) is 24.8. The second kappa shape index (κ2) is 12.2. The number of hydrogen-bond donors (Lipinski definition) is 4. The van der Waals surface area contributed by atoms with Gasteiger partial charge in [-0.3, -0.25) is 14.4 Å². The van der Waals surface area contributed by atoms with Crippen molar-refractivity contribution >= 4 is 23.8 Å². The Morgan fingerprint density at radius 2 is 1.77 bits per heavy atom. The fraction of sp³-hybridized carbons (Fsp3) is 0.667. The van der Waals surface area contributed by atoms with Crippen molar-refractivity contribution in [2.45, 2.75) is 90.0 Å². The van der Waals surface area contributed by atoms with Crippen molar-refractivity contribution in [2.75, 3.05) is 27.2 Å². The highest BCUT2D eigenvalue weighted by molar-refractivity contribution is 5.91. The predicted octanol–water partition coefficient (Wildman–Crippen LogP) is 1.95. The summed E-state index contributed by atoms with van der Waals surface area (Å²) in [5.74, 6) is -0.678. The van der Waals surface area contributed by atoms with Crippen LogP contribution < -0.4 is 21.3 Å². The smallest absolute Gasteiger partial charge is 0.317 e. The topological polar surface area (TPSA) is 123 Å². The summed E-state index contributed by atoms with van der Waals surface area (Å²) in [7, 11) is 3.31. The first-order chi connectivity index (χ1) is 19.0. The van der Waals surface area contributed by atoms with Crippen molar-refractivity contribution in [3.8, 4) is 0 Å². The number of carbonyl (C=O) groups is 4. The van der Waals surface area contributed by atoms with E-state index in [1.807, 2.05) is 37.8 Å². The summed E-state index contributed by atoms with van der Waals surface area (Å²) in [6.45, 7) is 8.43. The molecule has 3 aliphatic rings. The summed E-state index contributed by atoms with van der Waals surface area (Å²) >= 11 is 0. The lowest BCUT2D eigenvalue weighted by Gasteiger charge is -2.37. The minimum atomic E-state index is -0.739. The van der Waals surface area contributed by atoms with Crippen LogP contribution in [0.5, 0.6) is 0 Å². The standard InChI is InChI=1S/C30H46N6O4/c1-18(31-5)27(38)34-26(30(2,3)4)28(39)35-15-14-23-25(35)20(17-36(23)29(40)32-6)16-24(37)33-22-13-9-11-19-10-7-8-12-21(19)22/h7-8,10,12,18,20,22-23,25-26,31H,9,11,13-17H2,1-6H3,(H,32,40)(H,33,37)(H,34,38). The molecule has 10 heteroatoms. The van der Waals surface area contributed by atoms with Crippen LogP contribution in [-0.2, 0) is 20.8 Å². The third kappa shape index (κ3) is 6.11. The monoisotopic (exact) mass is 554 g/mol. The quantitative estimate of drug-likeness (QED) is 0.410. The maximum atomic E-state index is 14.1. The summed E-state index contributed by atoms with van der Waals surface area (Å²) in [6, 6.07) is 6.38. The minimum Gasteiger partial charge on any atom is -0.349 e. The van der Waals surface area contributed by atoms with E-state index in [4.69, 9.17) is 0 Å². The first-order valence-corrected chi connectivity index (χ1v) is 14.6. The molecule has 10 nitrogen and oxygen atoms in total. The molecular weight excluding hydrogens is 508 g/mol. The molecule has 0 bridgehead atoms. The zero-order chi connectivity index (χ0) is 29.2. The van der Waals surface area contributed by atoms with E-state index in [0.29, 0.717) is 19.5 Å². The molecule has 0 radical (unpaired) electrons. The van der Waals surface area contributed by atoms with Gasteiger partial charge >= 0.3 is 6.03 Å². The average molecular weight is 555 g/mol. The Balaban J connectivity index is 1.54. The molecule has 5 amide bonds. The molecule has 220 valence electrons. The van der Waals surface area contributed by atoms with Crippen molar-refractivity contribution < 1.29 is 19.2 Å². The van der Waals surface area contributed by atoms with E-state index in [9.17, 15) is 19.2 Å². The number of likely N-dealkylation sites (tertiary alicyclic amines) is 2. The molecule has 4 rings (SSSR count). The van der Waals surface area contributed by atoms with Crippen LogP contribution in [0.4, 0.5) is 4.79 Å². The highest BCUT2D eigenvalue weighted by Gasteiger charge is 2.53. The van der Waals surface area contributed by atoms with Gasteiger partial charge in [-0.15, -0.1) is 0 Å². The Morgan fingerprint density at radius 1 is 1.05 bits per heavy atom. The van der Waals surface area contributed by atoms with Crippen LogP contribution in [0.2, 0.25) is 0 Å². The van der Waals surface area contributed by atoms with E-state index in [1.54, 1.807) is 25.9 Å². The molecule has 0 saturated carbocycles. The maximum absolute atomic E-state index is 14.1. The lowest BCUT2D eigenvalue weighted by Crippen LogP contribution is -2.59. The van der Waals surface area contributed by atoms with Gasteiger partial charge in [0.05, 0.1) is 24.2 Å². The molecule has 40 heavy (non-hydrogen) atoms. The van der Waals surface area contributed by atoms with Crippen molar-refractivity contribution in [1.29, 1.82) is 0 Å². The van der Waals surface area contributed by atoms with Crippen LogP contribution in [-0.4, -0.2) is 84.9 Å². The van der Waals surface area contributed by atoms with Gasteiger partial charge in [0.25, 0.3) is 0 Å². The van der Waals surface area contributed by atoms with Crippen molar-refractivity contribution in [2.24, 2.45) is 11.3 Å². The lowest BCUT2D eigenvalue weighted by molar-refractivity contribution is -0.141. The van der Waals surface area contributed by atoms with Gasteiger partial charge in [0.2, 0.25) is 17.7 Å². The molecular formula is C30H46N6O4. The van der Waals surface area contributed by atoms with Crippen LogP contribution in [0.25, 0.3) is 0 Å². The van der Waals surface area contributed by atoms with Gasteiger partial charge in [0, 0.05) is 32.5 Å². The molecule has 2 saturated heterocycles. The molecule has 0 spiro atoms. The third-order valence-electron chi connectivity index (χ3n) is 8.87. The number of nitrogens with zero attached hydrogens (tertiary/aromatic N) is 2. The molecule has 1 aromatic carbocycles. The fourth-order valence-electron chi connectivity index (χ4n) is 6.63. The van der Waals surface area contributed by atoms with E-state index in [2.05, 4.69) is 33.4 Å².